The predicted molar refractivity (Wildman–Crippen MR) is 38.0 cm³/mol. The van der Waals surface area contributed by atoms with Crippen molar-refractivity contribution < 1.29 is 0 Å². The fourth-order valence-electron chi connectivity index (χ4n) is 0.818. The van der Waals surface area contributed by atoms with Gasteiger partial charge in [0.1, 0.15) is 5.54 Å². The first-order chi connectivity index (χ1) is 4.24. The van der Waals surface area contributed by atoms with Crippen LogP contribution in [0.5, 0.6) is 0 Å². The van der Waals surface area contributed by atoms with Crippen LogP contribution in [0.2, 0.25) is 0 Å². The van der Waals surface area contributed by atoms with Gasteiger partial charge in [-0.15, -0.1) is 0 Å². The fourth-order valence-corrected chi connectivity index (χ4v) is 0.818. The first kappa shape index (κ1) is 8.45. The molecule has 0 amide bonds. The number of nitriles is 1. The van der Waals surface area contributed by atoms with Crippen molar-refractivity contribution in [2.45, 2.75) is 32.2 Å². The Bertz CT molecular complexity index is 100. The molecule has 0 spiro atoms. The zero-order valence-corrected chi connectivity index (χ0v) is 6.36. The van der Waals surface area contributed by atoms with Gasteiger partial charge >= 0.3 is 0 Å². The molecule has 0 fully saturated rings. The molecule has 0 saturated carbocycles. The first-order valence-corrected chi connectivity index (χ1v) is 3.34. The summed E-state index contributed by atoms with van der Waals surface area (Å²) in [5.74, 6) is 0. The summed E-state index contributed by atoms with van der Waals surface area (Å²) in [7, 11) is 1.83. The molecular weight excluding hydrogens is 112 g/mol. The van der Waals surface area contributed by atoms with E-state index in [4.69, 9.17) is 5.26 Å². The van der Waals surface area contributed by atoms with Gasteiger partial charge < -0.3 is 5.32 Å². The van der Waals surface area contributed by atoms with Gasteiger partial charge in [0.2, 0.25) is 0 Å². The fraction of sp³-hybridized carbons (Fsp3) is 0.857. The maximum absolute atomic E-state index is 8.66. The second-order valence-corrected chi connectivity index (χ2v) is 2.15. The molecule has 0 radical (unpaired) electrons. The Morgan fingerprint density at radius 1 is 1.44 bits per heavy atom. The molecule has 1 N–H and O–H groups in total. The molecule has 0 aliphatic rings. The van der Waals surface area contributed by atoms with E-state index in [1.54, 1.807) is 0 Å². The second kappa shape index (κ2) is 3.47. The van der Waals surface area contributed by atoms with Crippen LogP contribution >= 0.6 is 0 Å². The molecule has 0 saturated heterocycles. The lowest BCUT2D eigenvalue weighted by Gasteiger charge is -2.21. The number of nitrogens with one attached hydrogen (secondary N) is 1. The summed E-state index contributed by atoms with van der Waals surface area (Å²) in [6.45, 7) is 4.03. The van der Waals surface area contributed by atoms with E-state index < -0.39 is 0 Å². The van der Waals surface area contributed by atoms with E-state index in [1.165, 1.54) is 0 Å². The standard InChI is InChI=1S/C7H14N2/c1-4-7(5-2,6-8)9-3/h9H,4-5H2,1-3H3. The van der Waals surface area contributed by atoms with Crippen molar-refractivity contribution in [3.63, 3.8) is 0 Å². The Hall–Kier alpha value is -0.550. The first-order valence-electron chi connectivity index (χ1n) is 3.34. The van der Waals surface area contributed by atoms with Crippen LogP contribution in [0.4, 0.5) is 0 Å². The molecule has 0 aliphatic carbocycles. The number of hydrogen-bond donors (Lipinski definition) is 1. The third-order valence-corrected chi connectivity index (χ3v) is 1.90. The molecule has 0 atom stereocenters. The third kappa shape index (κ3) is 1.69. The van der Waals surface area contributed by atoms with Gasteiger partial charge in [0.15, 0.2) is 0 Å². The maximum atomic E-state index is 8.66. The van der Waals surface area contributed by atoms with E-state index >= 15 is 0 Å². The minimum absolute atomic E-state index is 0.278. The highest BCUT2D eigenvalue weighted by atomic mass is 14.9. The van der Waals surface area contributed by atoms with Gasteiger partial charge in [-0.25, -0.2) is 0 Å². The van der Waals surface area contributed by atoms with Crippen molar-refractivity contribution in [1.82, 2.24) is 5.32 Å². The Balaban J connectivity index is 4.04. The van der Waals surface area contributed by atoms with E-state index in [2.05, 4.69) is 11.4 Å². The Kier molecular flexibility index (Phi) is 3.26. The van der Waals surface area contributed by atoms with Gasteiger partial charge in [0.05, 0.1) is 6.07 Å². The van der Waals surface area contributed by atoms with Gasteiger partial charge in [0.25, 0.3) is 0 Å². The van der Waals surface area contributed by atoms with Crippen molar-refractivity contribution in [3.8, 4) is 6.07 Å². The summed E-state index contributed by atoms with van der Waals surface area (Å²) in [6.07, 6.45) is 1.74. The summed E-state index contributed by atoms with van der Waals surface area (Å²) in [5.41, 5.74) is -0.278. The molecule has 0 rings (SSSR count). The summed E-state index contributed by atoms with van der Waals surface area (Å²) >= 11 is 0. The van der Waals surface area contributed by atoms with E-state index in [0.717, 1.165) is 12.8 Å². The minimum Gasteiger partial charge on any atom is -0.302 e. The molecule has 0 aromatic carbocycles. The highest BCUT2D eigenvalue weighted by Crippen LogP contribution is 2.11. The Labute approximate surface area is 56.9 Å². The van der Waals surface area contributed by atoms with E-state index in [-0.39, 0.29) is 5.54 Å². The SMILES string of the molecule is CCC(C#N)(CC)NC. The average Bonchev–Trinajstić information content (AvgIpc) is 1.95. The van der Waals surface area contributed by atoms with Crippen LogP contribution in [-0.4, -0.2) is 12.6 Å². The largest absolute Gasteiger partial charge is 0.302 e. The summed E-state index contributed by atoms with van der Waals surface area (Å²) in [6, 6.07) is 2.25. The normalized spacial score (nSPS) is 10.9. The molecular formula is C7H14N2. The van der Waals surface area contributed by atoms with E-state index in [9.17, 15) is 0 Å². The van der Waals surface area contributed by atoms with Gasteiger partial charge in [-0.2, -0.15) is 5.26 Å². The third-order valence-electron chi connectivity index (χ3n) is 1.90. The lowest BCUT2D eigenvalue weighted by molar-refractivity contribution is 0.420. The molecule has 2 nitrogen and oxygen atoms in total. The lowest BCUT2D eigenvalue weighted by Crippen LogP contribution is -2.39. The average molecular weight is 126 g/mol. The molecule has 0 aromatic heterocycles. The summed E-state index contributed by atoms with van der Waals surface area (Å²) in [5, 5.41) is 11.7. The molecule has 0 unspecified atom stereocenters. The molecule has 0 aromatic rings. The van der Waals surface area contributed by atoms with E-state index in [0.29, 0.717) is 0 Å². The Morgan fingerprint density at radius 3 is 1.89 bits per heavy atom. The van der Waals surface area contributed by atoms with Gasteiger partial charge in [-0.3, -0.25) is 0 Å². The van der Waals surface area contributed by atoms with Crippen LogP contribution in [0.15, 0.2) is 0 Å². The van der Waals surface area contributed by atoms with Gasteiger partial charge in [-0.05, 0) is 19.9 Å². The van der Waals surface area contributed by atoms with Gasteiger partial charge in [-0.1, -0.05) is 13.8 Å². The molecule has 0 bridgehead atoms. The van der Waals surface area contributed by atoms with Gasteiger partial charge in [0, 0.05) is 0 Å². The highest BCUT2D eigenvalue weighted by molar-refractivity contribution is 5.04. The quantitative estimate of drug-likeness (QED) is 0.618. The van der Waals surface area contributed by atoms with Crippen LogP contribution in [-0.2, 0) is 0 Å². The van der Waals surface area contributed by atoms with E-state index in [1.807, 2.05) is 20.9 Å². The number of rotatable bonds is 3. The molecule has 0 aliphatic heterocycles. The molecule has 2 heteroatoms. The molecule has 0 heterocycles. The smallest absolute Gasteiger partial charge is 0.105 e. The second-order valence-electron chi connectivity index (χ2n) is 2.15. The van der Waals surface area contributed by atoms with Crippen molar-refractivity contribution in [2.24, 2.45) is 0 Å². The van der Waals surface area contributed by atoms with Crippen LogP contribution in [0.25, 0.3) is 0 Å². The topological polar surface area (TPSA) is 35.8 Å². The van der Waals surface area contributed by atoms with Crippen LogP contribution in [0, 0.1) is 11.3 Å². The molecule has 9 heavy (non-hydrogen) atoms. The highest BCUT2D eigenvalue weighted by Gasteiger charge is 2.21. The van der Waals surface area contributed by atoms with Crippen molar-refractivity contribution >= 4 is 0 Å². The summed E-state index contributed by atoms with van der Waals surface area (Å²) < 4.78 is 0. The maximum Gasteiger partial charge on any atom is 0.105 e. The van der Waals surface area contributed by atoms with Crippen molar-refractivity contribution in [2.75, 3.05) is 7.05 Å². The number of nitrogens with zero attached hydrogens (tertiary/aromatic N) is 1. The van der Waals surface area contributed by atoms with Crippen molar-refractivity contribution in [3.05, 3.63) is 0 Å². The zero-order valence-electron chi connectivity index (χ0n) is 6.36. The lowest BCUT2D eigenvalue weighted by atomic mass is 9.95. The van der Waals surface area contributed by atoms with Crippen molar-refractivity contribution in [1.29, 1.82) is 5.26 Å². The minimum atomic E-state index is -0.278. The van der Waals surface area contributed by atoms with Crippen LogP contribution < -0.4 is 5.32 Å². The number of hydrogen-bond acceptors (Lipinski definition) is 2. The zero-order chi connectivity index (χ0) is 7.33. The monoisotopic (exact) mass is 126 g/mol. The van der Waals surface area contributed by atoms with Crippen LogP contribution in [0.3, 0.4) is 0 Å². The predicted octanol–water partition coefficient (Wildman–Crippen LogP) is 1.29. The van der Waals surface area contributed by atoms with Crippen LogP contribution in [0.1, 0.15) is 26.7 Å². The summed E-state index contributed by atoms with van der Waals surface area (Å²) in [4.78, 5) is 0. The Morgan fingerprint density at radius 2 is 1.89 bits per heavy atom. The molecule has 52 valence electrons.